The molecular weight excluding hydrogens is 324 g/mol. The molecule has 0 aliphatic carbocycles. The van der Waals surface area contributed by atoms with Crippen molar-refractivity contribution in [1.29, 1.82) is 0 Å². The number of nitrogens with zero attached hydrogens (tertiary/aromatic N) is 1. The molecular formula is C19H21ClN2O2. The van der Waals surface area contributed by atoms with Gasteiger partial charge in [-0.1, -0.05) is 36.4 Å². The van der Waals surface area contributed by atoms with Gasteiger partial charge in [-0.05, 0) is 29.7 Å². The van der Waals surface area contributed by atoms with Crippen molar-refractivity contribution in [3.8, 4) is 5.75 Å². The van der Waals surface area contributed by atoms with Crippen LogP contribution in [0, 0.1) is 5.92 Å². The summed E-state index contributed by atoms with van der Waals surface area (Å²) >= 11 is 0. The molecule has 126 valence electrons. The van der Waals surface area contributed by atoms with Crippen LogP contribution in [0.15, 0.2) is 48.5 Å². The third-order valence-electron chi connectivity index (χ3n) is 4.60. The van der Waals surface area contributed by atoms with Crippen LogP contribution in [-0.4, -0.2) is 25.6 Å². The number of ether oxygens (including phenoxy) is 1. The molecule has 24 heavy (non-hydrogen) atoms. The standard InChI is InChI=1S/C19H20N2O2.ClH/c22-19(16-11-14-5-2-4-8-18(14)23-13-16)21-10-9-20-12-15-6-1-3-7-17(15)21;/h1-8,16,20H,9-13H2;1H. The molecule has 4 rings (SSSR count). The van der Waals surface area contributed by atoms with Gasteiger partial charge in [-0.3, -0.25) is 4.79 Å². The summed E-state index contributed by atoms with van der Waals surface area (Å²) < 4.78 is 5.80. The molecule has 2 heterocycles. The number of para-hydroxylation sites is 2. The zero-order chi connectivity index (χ0) is 15.6. The molecule has 0 spiro atoms. The van der Waals surface area contributed by atoms with E-state index in [4.69, 9.17) is 4.74 Å². The third-order valence-corrected chi connectivity index (χ3v) is 4.60. The lowest BCUT2D eigenvalue weighted by molar-refractivity contribution is -0.123. The first kappa shape index (κ1) is 16.8. The Kier molecular flexibility index (Phi) is 5.07. The Labute approximate surface area is 148 Å². The highest BCUT2D eigenvalue weighted by Crippen LogP contribution is 2.30. The number of fused-ring (bicyclic) bond motifs is 2. The van der Waals surface area contributed by atoms with Crippen LogP contribution in [0.1, 0.15) is 11.1 Å². The monoisotopic (exact) mass is 344 g/mol. The lowest BCUT2D eigenvalue weighted by Gasteiger charge is -2.30. The molecule has 1 N–H and O–H groups in total. The van der Waals surface area contributed by atoms with E-state index in [1.54, 1.807) is 0 Å². The van der Waals surface area contributed by atoms with Gasteiger partial charge in [0.25, 0.3) is 0 Å². The maximum atomic E-state index is 13.1. The van der Waals surface area contributed by atoms with Gasteiger partial charge in [-0.2, -0.15) is 0 Å². The van der Waals surface area contributed by atoms with Crippen molar-refractivity contribution in [2.75, 3.05) is 24.6 Å². The third kappa shape index (κ3) is 3.12. The van der Waals surface area contributed by atoms with Gasteiger partial charge in [0, 0.05) is 25.3 Å². The van der Waals surface area contributed by atoms with Gasteiger partial charge < -0.3 is 15.0 Å². The molecule has 1 amide bonds. The summed E-state index contributed by atoms with van der Waals surface area (Å²) in [6.45, 7) is 2.78. The lowest BCUT2D eigenvalue weighted by Crippen LogP contribution is -2.42. The molecule has 2 aliphatic rings. The van der Waals surface area contributed by atoms with Crippen molar-refractivity contribution >= 4 is 24.0 Å². The number of hydrogen-bond donors (Lipinski definition) is 1. The van der Waals surface area contributed by atoms with Crippen molar-refractivity contribution < 1.29 is 9.53 Å². The van der Waals surface area contributed by atoms with E-state index >= 15 is 0 Å². The maximum absolute atomic E-state index is 13.1. The summed E-state index contributed by atoms with van der Waals surface area (Å²) in [7, 11) is 0. The van der Waals surface area contributed by atoms with Crippen molar-refractivity contribution in [3.63, 3.8) is 0 Å². The van der Waals surface area contributed by atoms with Gasteiger partial charge >= 0.3 is 0 Å². The molecule has 0 saturated carbocycles. The highest BCUT2D eigenvalue weighted by atomic mass is 35.5. The molecule has 0 radical (unpaired) electrons. The minimum Gasteiger partial charge on any atom is -0.492 e. The van der Waals surface area contributed by atoms with Gasteiger partial charge in [0.05, 0.1) is 5.92 Å². The molecule has 0 bridgehead atoms. The van der Waals surface area contributed by atoms with E-state index in [2.05, 4.69) is 11.4 Å². The maximum Gasteiger partial charge on any atom is 0.233 e. The first-order valence-corrected chi connectivity index (χ1v) is 8.13. The van der Waals surface area contributed by atoms with E-state index in [9.17, 15) is 4.79 Å². The SMILES string of the molecule is Cl.O=C(C1COc2ccccc2C1)N1CCNCc2ccccc21. The highest BCUT2D eigenvalue weighted by molar-refractivity contribution is 5.96. The van der Waals surface area contributed by atoms with Crippen LogP contribution in [0.3, 0.4) is 0 Å². The van der Waals surface area contributed by atoms with Gasteiger partial charge in [-0.25, -0.2) is 0 Å². The highest BCUT2D eigenvalue weighted by Gasteiger charge is 2.31. The number of amides is 1. The summed E-state index contributed by atoms with van der Waals surface area (Å²) in [5, 5.41) is 3.38. The van der Waals surface area contributed by atoms with Crippen molar-refractivity contribution in [2.45, 2.75) is 13.0 Å². The Hall–Kier alpha value is -2.04. The topological polar surface area (TPSA) is 41.6 Å². The van der Waals surface area contributed by atoms with Crippen LogP contribution in [0.25, 0.3) is 0 Å². The number of carbonyl (C=O) groups excluding carboxylic acids is 1. The number of halogens is 1. The first-order chi connectivity index (χ1) is 11.3. The van der Waals surface area contributed by atoms with E-state index in [-0.39, 0.29) is 24.2 Å². The molecule has 0 fully saturated rings. The smallest absolute Gasteiger partial charge is 0.233 e. The predicted octanol–water partition coefficient (Wildman–Crippen LogP) is 2.80. The van der Waals surface area contributed by atoms with Crippen LogP contribution in [0.4, 0.5) is 5.69 Å². The molecule has 0 aromatic heterocycles. The van der Waals surface area contributed by atoms with Gasteiger partial charge in [0.2, 0.25) is 5.91 Å². The van der Waals surface area contributed by atoms with Crippen molar-refractivity contribution in [2.24, 2.45) is 5.92 Å². The number of benzene rings is 2. The Morgan fingerprint density at radius 2 is 1.83 bits per heavy atom. The fraction of sp³-hybridized carbons (Fsp3) is 0.316. The molecule has 1 atom stereocenters. The molecule has 2 aromatic carbocycles. The van der Waals surface area contributed by atoms with Gasteiger partial charge in [-0.15, -0.1) is 12.4 Å². The summed E-state index contributed by atoms with van der Waals surface area (Å²) in [5.41, 5.74) is 3.33. The number of hydrogen-bond acceptors (Lipinski definition) is 3. The van der Waals surface area contributed by atoms with Crippen molar-refractivity contribution in [3.05, 3.63) is 59.7 Å². The molecule has 0 saturated heterocycles. The largest absolute Gasteiger partial charge is 0.492 e. The molecule has 4 nitrogen and oxygen atoms in total. The Balaban J connectivity index is 0.00000169. The number of anilines is 1. The van der Waals surface area contributed by atoms with E-state index in [0.717, 1.165) is 36.5 Å². The minimum atomic E-state index is -0.115. The zero-order valence-electron chi connectivity index (χ0n) is 13.4. The van der Waals surface area contributed by atoms with Crippen LogP contribution < -0.4 is 15.0 Å². The average Bonchev–Trinajstić information content (AvgIpc) is 2.83. The van der Waals surface area contributed by atoms with E-state index < -0.39 is 0 Å². The minimum absolute atomic E-state index is 0. The van der Waals surface area contributed by atoms with Gasteiger partial charge in [0.15, 0.2) is 0 Å². The second-order valence-corrected chi connectivity index (χ2v) is 6.12. The van der Waals surface area contributed by atoms with Gasteiger partial charge in [0.1, 0.15) is 12.4 Å². The zero-order valence-corrected chi connectivity index (χ0v) is 14.2. The van der Waals surface area contributed by atoms with E-state index in [1.165, 1.54) is 5.56 Å². The van der Waals surface area contributed by atoms with Crippen LogP contribution >= 0.6 is 12.4 Å². The summed E-state index contributed by atoms with van der Waals surface area (Å²) in [6, 6.07) is 16.1. The second kappa shape index (κ2) is 7.24. The fourth-order valence-electron chi connectivity index (χ4n) is 3.39. The van der Waals surface area contributed by atoms with Crippen LogP contribution in [-0.2, 0) is 17.8 Å². The number of carbonyl (C=O) groups is 1. The quantitative estimate of drug-likeness (QED) is 0.865. The molecule has 2 aromatic rings. The fourth-order valence-corrected chi connectivity index (χ4v) is 3.39. The Bertz CT molecular complexity index is 735. The average molecular weight is 345 g/mol. The molecule has 2 aliphatic heterocycles. The first-order valence-electron chi connectivity index (χ1n) is 8.13. The van der Waals surface area contributed by atoms with E-state index in [0.29, 0.717) is 13.2 Å². The second-order valence-electron chi connectivity index (χ2n) is 6.12. The summed E-state index contributed by atoms with van der Waals surface area (Å²) in [4.78, 5) is 15.0. The van der Waals surface area contributed by atoms with Crippen LogP contribution in [0.2, 0.25) is 0 Å². The summed E-state index contributed by atoms with van der Waals surface area (Å²) in [5.74, 6) is 0.959. The Morgan fingerprint density at radius 3 is 2.71 bits per heavy atom. The molecule has 1 unspecified atom stereocenters. The molecule has 5 heteroatoms. The van der Waals surface area contributed by atoms with Crippen LogP contribution in [0.5, 0.6) is 5.75 Å². The Morgan fingerprint density at radius 1 is 1.08 bits per heavy atom. The van der Waals surface area contributed by atoms with Crippen molar-refractivity contribution in [1.82, 2.24) is 5.32 Å². The number of rotatable bonds is 1. The lowest BCUT2D eigenvalue weighted by atomic mass is 9.95. The van der Waals surface area contributed by atoms with E-state index in [1.807, 2.05) is 47.4 Å². The predicted molar refractivity (Wildman–Crippen MR) is 96.9 cm³/mol. The number of nitrogens with one attached hydrogen (secondary N) is 1. The summed E-state index contributed by atoms with van der Waals surface area (Å²) in [6.07, 6.45) is 0.751. The normalized spacial score (nSPS) is 19.2.